The van der Waals surface area contributed by atoms with E-state index in [1.807, 2.05) is 54.3 Å². The van der Waals surface area contributed by atoms with Crippen LogP contribution in [0.2, 0.25) is 0 Å². The highest BCUT2D eigenvalue weighted by Crippen LogP contribution is 2.38. The maximum atomic E-state index is 13.2. The lowest BCUT2D eigenvalue weighted by atomic mass is 10.0. The largest absolute Gasteiger partial charge is 0.497 e. The molecule has 1 aliphatic rings. The van der Waals surface area contributed by atoms with Crippen molar-refractivity contribution in [3.8, 4) is 34.8 Å². The average Bonchev–Trinajstić information content (AvgIpc) is 3.23. The first-order valence-corrected chi connectivity index (χ1v) is 19.3. The van der Waals surface area contributed by atoms with Gasteiger partial charge in [-0.25, -0.2) is 4.79 Å². The Kier molecular flexibility index (Phi) is 15.6. The number of aromatic nitrogens is 2. The first-order valence-electron chi connectivity index (χ1n) is 19.3. The van der Waals surface area contributed by atoms with E-state index in [2.05, 4.69) is 9.88 Å². The number of carbonyl (C=O) groups excluding carboxylic acids is 1. The quantitative estimate of drug-likeness (QED) is 0.0536. The Hall–Kier alpha value is -6.03. The third-order valence-corrected chi connectivity index (χ3v) is 10.0. The van der Waals surface area contributed by atoms with E-state index in [0.717, 1.165) is 48.2 Å². The van der Waals surface area contributed by atoms with Crippen molar-refractivity contribution in [3.05, 3.63) is 92.7 Å². The summed E-state index contributed by atoms with van der Waals surface area (Å²) < 4.78 is 39.4. The van der Waals surface area contributed by atoms with E-state index in [9.17, 15) is 14.9 Å². The molecule has 2 N–H and O–H groups in total. The minimum Gasteiger partial charge on any atom is -0.497 e. The molecule has 58 heavy (non-hydrogen) atoms. The van der Waals surface area contributed by atoms with Gasteiger partial charge in [0.05, 0.1) is 47.1 Å². The van der Waals surface area contributed by atoms with Gasteiger partial charge in [-0.3, -0.25) is 15.0 Å². The molecule has 16 heteroatoms. The topological polar surface area (TPSA) is 183 Å². The number of nitrogens with zero attached hydrogens (tertiary/aromatic N) is 5. The van der Waals surface area contributed by atoms with Crippen LogP contribution in [0.5, 0.6) is 34.8 Å². The van der Waals surface area contributed by atoms with Crippen molar-refractivity contribution in [1.82, 2.24) is 14.9 Å². The van der Waals surface area contributed by atoms with Crippen LogP contribution in [0.15, 0.2) is 54.6 Å². The van der Waals surface area contributed by atoms with Gasteiger partial charge in [-0.2, -0.15) is 9.97 Å². The number of benzene rings is 3. The fourth-order valence-electron chi connectivity index (χ4n) is 6.96. The van der Waals surface area contributed by atoms with E-state index < -0.39 is 11.0 Å². The second kappa shape index (κ2) is 20.9. The van der Waals surface area contributed by atoms with Crippen LogP contribution in [0, 0.1) is 10.1 Å². The molecule has 3 aromatic carbocycles. The fraction of sp³-hybridized carbons (Fsp3) is 0.452. The molecular weight excluding hydrogens is 748 g/mol. The van der Waals surface area contributed by atoms with Gasteiger partial charge in [0, 0.05) is 62.4 Å². The molecule has 2 heterocycles. The van der Waals surface area contributed by atoms with Gasteiger partial charge in [-0.15, -0.1) is 0 Å². The lowest BCUT2D eigenvalue weighted by molar-refractivity contribution is -0.385. The Labute approximate surface area is 339 Å². The number of methoxy groups -OCH3 is 5. The number of aryl methyl sites for hydroxylation is 2. The second-order valence-corrected chi connectivity index (χ2v) is 13.9. The van der Waals surface area contributed by atoms with Gasteiger partial charge >= 0.3 is 17.8 Å². The SMILES string of the molecule is CCCCOc1nc(CCc2ccc(CN3CCC(OC(N)=O)CC3)cc2OC)c([N+](=O)[O-])c(N(Cc2ccc(OC)cc2OC)Cc2ccc(OC)cc2OC)n1. The lowest BCUT2D eigenvalue weighted by Gasteiger charge is -2.31. The molecule has 1 fully saturated rings. The van der Waals surface area contributed by atoms with Gasteiger partial charge in [0.2, 0.25) is 5.82 Å². The number of unbranched alkanes of at least 4 members (excludes halogenated alkanes) is 1. The summed E-state index contributed by atoms with van der Waals surface area (Å²) >= 11 is 0. The fourth-order valence-corrected chi connectivity index (χ4v) is 6.96. The van der Waals surface area contributed by atoms with Gasteiger partial charge in [0.25, 0.3) is 0 Å². The number of likely N-dealkylation sites (tertiary alicyclic amines) is 1. The van der Waals surface area contributed by atoms with Gasteiger partial charge in [0.15, 0.2) is 0 Å². The Balaban J connectivity index is 1.51. The van der Waals surface area contributed by atoms with Crippen molar-refractivity contribution in [3.63, 3.8) is 0 Å². The molecule has 1 aromatic heterocycles. The summed E-state index contributed by atoms with van der Waals surface area (Å²) in [6.45, 7) is 4.93. The van der Waals surface area contributed by atoms with E-state index in [1.54, 1.807) is 47.7 Å². The number of nitro groups is 1. The molecule has 0 spiro atoms. The van der Waals surface area contributed by atoms with E-state index in [-0.39, 0.29) is 48.8 Å². The molecule has 0 aliphatic carbocycles. The number of carbonyl (C=O) groups is 1. The van der Waals surface area contributed by atoms with Crippen LogP contribution in [-0.2, 0) is 37.2 Å². The minimum atomic E-state index is -0.747. The van der Waals surface area contributed by atoms with Crippen molar-refractivity contribution in [1.29, 1.82) is 0 Å². The monoisotopic (exact) mass is 802 g/mol. The minimum absolute atomic E-state index is 0.0461. The first kappa shape index (κ1) is 43.1. The number of primary amides is 1. The van der Waals surface area contributed by atoms with Crippen molar-refractivity contribution in [2.24, 2.45) is 5.73 Å². The summed E-state index contributed by atoms with van der Waals surface area (Å²) in [7, 11) is 7.88. The number of hydrogen-bond acceptors (Lipinski definition) is 14. The number of anilines is 1. The van der Waals surface area contributed by atoms with E-state index in [1.165, 1.54) is 0 Å². The summed E-state index contributed by atoms with van der Waals surface area (Å²) in [5.41, 5.74) is 8.60. The van der Waals surface area contributed by atoms with Crippen LogP contribution < -0.4 is 39.1 Å². The molecule has 0 unspecified atom stereocenters. The standard InChI is InChI=1S/C42H54N6O10/c1-7-8-21-57-42-44-35(16-13-29-10-9-28(22-36(29)54-4)25-46-19-17-32(18-20-46)58-41(43)49)39(48(50)51)40(45-42)47(26-30-11-14-33(52-2)23-37(30)55-5)27-31-12-15-34(53-3)24-38(31)56-6/h9-12,14-15,22-24,32H,7-8,13,16-21,25-27H2,1-6H3,(H2,43,49). The summed E-state index contributed by atoms with van der Waals surface area (Å²) in [6, 6.07) is 16.9. The molecule has 16 nitrogen and oxygen atoms in total. The summed E-state index contributed by atoms with van der Waals surface area (Å²) in [5.74, 6) is 3.04. The highest BCUT2D eigenvalue weighted by Gasteiger charge is 2.31. The maximum Gasteiger partial charge on any atom is 0.404 e. The zero-order valence-electron chi connectivity index (χ0n) is 34.2. The van der Waals surface area contributed by atoms with E-state index >= 15 is 0 Å². The molecule has 0 atom stereocenters. The molecule has 1 aliphatic heterocycles. The van der Waals surface area contributed by atoms with Crippen molar-refractivity contribution in [2.75, 3.05) is 60.1 Å². The van der Waals surface area contributed by atoms with Gasteiger partial charge < -0.3 is 43.8 Å². The highest BCUT2D eigenvalue weighted by molar-refractivity contribution is 5.65. The Morgan fingerprint density at radius 3 is 1.95 bits per heavy atom. The smallest absolute Gasteiger partial charge is 0.404 e. The molecule has 0 saturated carbocycles. The molecule has 0 bridgehead atoms. The first-order chi connectivity index (χ1) is 28.1. The predicted octanol–water partition coefficient (Wildman–Crippen LogP) is 6.66. The molecule has 312 valence electrons. The number of piperidine rings is 1. The zero-order chi connectivity index (χ0) is 41.6. The van der Waals surface area contributed by atoms with Crippen LogP contribution in [0.1, 0.15) is 60.6 Å². The number of ether oxygens (including phenoxy) is 7. The van der Waals surface area contributed by atoms with Crippen molar-refractivity contribution < 1.29 is 42.9 Å². The molecular formula is C42H54N6O10. The van der Waals surface area contributed by atoms with Crippen molar-refractivity contribution >= 4 is 17.6 Å². The molecule has 1 saturated heterocycles. The number of rotatable bonds is 21. The Bertz CT molecular complexity index is 1950. The molecule has 0 radical (unpaired) electrons. The number of nitrogens with two attached hydrogens (primary N) is 1. The third-order valence-electron chi connectivity index (χ3n) is 10.0. The second-order valence-electron chi connectivity index (χ2n) is 13.9. The predicted molar refractivity (Wildman–Crippen MR) is 217 cm³/mol. The molecule has 1 amide bonds. The van der Waals surface area contributed by atoms with Crippen LogP contribution in [0.4, 0.5) is 16.3 Å². The van der Waals surface area contributed by atoms with Crippen LogP contribution in [-0.4, -0.2) is 87.2 Å². The average molecular weight is 803 g/mol. The van der Waals surface area contributed by atoms with Crippen LogP contribution >= 0.6 is 0 Å². The van der Waals surface area contributed by atoms with Gasteiger partial charge in [-0.05, 0) is 67.1 Å². The number of amides is 1. The van der Waals surface area contributed by atoms with E-state index in [0.29, 0.717) is 61.2 Å². The highest BCUT2D eigenvalue weighted by atomic mass is 16.6. The van der Waals surface area contributed by atoms with Crippen molar-refractivity contribution in [2.45, 2.75) is 71.2 Å². The van der Waals surface area contributed by atoms with Gasteiger partial charge in [-0.1, -0.05) is 25.5 Å². The van der Waals surface area contributed by atoms with Gasteiger partial charge in [0.1, 0.15) is 40.5 Å². The van der Waals surface area contributed by atoms with E-state index in [4.69, 9.17) is 43.9 Å². The molecule has 4 aromatic rings. The number of hydrogen-bond donors (Lipinski definition) is 1. The molecule has 5 rings (SSSR count). The normalized spacial score (nSPS) is 13.1. The lowest BCUT2D eigenvalue weighted by Crippen LogP contribution is -2.38. The third kappa shape index (κ3) is 11.3. The maximum absolute atomic E-state index is 13.2. The summed E-state index contributed by atoms with van der Waals surface area (Å²) in [4.78, 5) is 37.4. The summed E-state index contributed by atoms with van der Waals surface area (Å²) in [5, 5.41) is 13.2. The Morgan fingerprint density at radius 2 is 1.41 bits per heavy atom. The summed E-state index contributed by atoms with van der Waals surface area (Å²) in [6.07, 6.45) is 2.73. The van der Waals surface area contributed by atoms with Crippen LogP contribution in [0.3, 0.4) is 0 Å². The zero-order valence-corrected chi connectivity index (χ0v) is 34.2. The van der Waals surface area contributed by atoms with Crippen LogP contribution in [0.25, 0.3) is 0 Å². The Morgan fingerprint density at radius 1 is 0.828 bits per heavy atom.